The van der Waals surface area contributed by atoms with Crippen molar-refractivity contribution in [3.8, 4) is 0 Å². The lowest BCUT2D eigenvalue weighted by atomic mass is 9.33. The summed E-state index contributed by atoms with van der Waals surface area (Å²) in [7, 11) is 0. The smallest absolute Gasteiger partial charge is 0.0594 e. The maximum absolute atomic E-state index is 10.9. The van der Waals surface area contributed by atoms with E-state index in [1.165, 1.54) is 57.8 Å². The molecule has 5 rings (SSSR count). The van der Waals surface area contributed by atoms with E-state index in [2.05, 4.69) is 61.5 Å². The normalized spacial score (nSPS) is 55.2. The van der Waals surface area contributed by atoms with Crippen molar-refractivity contribution in [2.75, 3.05) is 0 Å². The van der Waals surface area contributed by atoms with Crippen molar-refractivity contribution >= 4 is 0 Å². The van der Waals surface area contributed by atoms with Crippen LogP contribution in [0.4, 0.5) is 0 Å². The predicted octanol–water partition coefficient (Wildman–Crippen LogP) is 8.17. The lowest BCUT2D eigenvalue weighted by Gasteiger charge is -2.71. The summed E-state index contributed by atoms with van der Waals surface area (Å²) >= 11 is 0. The number of aliphatic hydroxyl groups is 1. The van der Waals surface area contributed by atoms with E-state index in [9.17, 15) is 5.11 Å². The monoisotopic (exact) mass is 426 g/mol. The summed E-state index contributed by atoms with van der Waals surface area (Å²) in [5.41, 5.74) is 4.09. The van der Waals surface area contributed by atoms with Crippen LogP contribution in [-0.4, -0.2) is 11.2 Å². The van der Waals surface area contributed by atoms with Gasteiger partial charge in [-0.05, 0) is 114 Å². The lowest BCUT2D eigenvalue weighted by Crippen LogP contribution is -2.64. The van der Waals surface area contributed by atoms with Gasteiger partial charge >= 0.3 is 0 Å². The van der Waals surface area contributed by atoms with Crippen LogP contribution in [0.2, 0.25) is 0 Å². The van der Waals surface area contributed by atoms with Gasteiger partial charge < -0.3 is 5.11 Å². The molecule has 0 spiro atoms. The summed E-state index contributed by atoms with van der Waals surface area (Å²) in [4.78, 5) is 0. The lowest BCUT2D eigenvalue weighted by molar-refractivity contribution is -0.202. The van der Waals surface area contributed by atoms with Gasteiger partial charge in [-0.2, -0.15) is 0 Å². The van der Waals surface area contributed by atoms with Crippen LogP contribution in [0.3, 0.4) is 0 Å². The van der Waals surface area contributed by atoms with Gasteiger partial charge in [-0.1, -0.05) is 67.0 Å². The van der Waals surface area contributed by atoms with E-state index in [-0.39, 0.29) is 11.5 Å². The molecule has 0 aromatic rings. The van der Waals surface area contributed by atoms with Gasteiger partial charge in [0.1, 0.15) is 0 Å². The van der Waals surface area contributed by atoms with Crippen LogP contribution >= 0.6 is 0 Å². The highest BCUT2D eigenvalue weighted by Crippen LogP contribution is 2.75. The summed E-state index contributed by atoms with van der Waals surface area (Å²) in [6.45, 7) is 20.4. The second-order valence-electron chi connectivity index (χ2n) is 15.2. The van der Waals surface area contributed by atoms with Crippen molar-refractivity contribution < 1.29 is 5.11 Å². The topological polar surface area (TPSA) is 20.2 Å². The molecule has 0 aromatic carbocycles. The second-order valence-corrected chi connectivity index (χ2v) is 15.2. The van der Waals surface area contributed by atoms with Crippen molar-refractivity contribution in [1.82, 2.24) is 0 Å². The SMILES string of the molecule is CC1(C)CC[C@@]2(C)CC[C@@]3(C)C(=CC[C@H]4[C@@]5(C)CC[C@H](O)C(C)(C)[C@@H]5CC[C@@]43C)[C@@H]2C1. The van der Waals surface area contributed by atoms with E-state index < -0.39 is 0 Å². The first-order chi connectivity index (χ1) is 14.2. The number of allylic oxidation sites excluding steroid dienone is 2. The minimum atomic E-state index is -0.125. The maximum Gasteiger partial charge on any atom is 0.0594 e. The van der Waals surface area contributed by atoms with Gasteiger partial charge in [0.15, 0.2) is 0 Å². The Morgan fingerprint density at radius 3 is 2.16 bits per heavy atom. The average Bonchev–Trinajstić information content (AvgIpc) is 2.67. The second kappa shape index (κ2) is 6.43. The third-order valence-electron chi connectivity index (χ3n) is 13.0. The van der Waals surface area contributed by atoms with Crippen LogP contribution < -0.4 is 0 Å². The molecule has 0 bridgehead atoms. The Morgan fingerprint density at radius 2 is 1.45 bits per heavy atom. The van der Waals surface area contributed by atoms with Crippen LogP contribution in [-0.2, 0) is 0 Å². The minimum absolute atomic E-state index is 0.0533. The highest BCUT2D eigenvalue weighted by atomic mass is 16.3. The Hall–Kier alpha value is -0.300. The summed E-state index contributed by atoms with van der Waals surface area (Å²) < 4.78 is 0. The van der Waals surface area contributed by atoms with E-state index in [4.69, 9.17) is 0 Å². The molecule has 0 heterocycles. The van der Waals surface area contributed by atoms with E-state index in [0.29, 0.717) is 33.0 Å². The molecule has 176 valence electrons. The average molecular weight is 427 g/mol. The molecule has 0 aliphatic heterocycles. The first-order valence-electron chi connectivity index (χ1n) is 13.6. The van der Waals surface area contributed by atoms with Crippen molar-refractivity contribution in [3.63, 3.8) is 0 Å². The molecule has 1 nitrogen and oxygen atoms in total. The summed E-state index contributed by atoms with van der Waals surface area (Å²) in [5.74, 6) is 2.21. The Kier molecular flexibility index (Phi) is 4.66. The third kappa shape index (κ3) is 2.77. The zero-order valence-corrected chi connectivity index (χ0v) is 21.9. The largest absolute Gasteiger partial charge is 0.393 e. The number of aliphatic hydroxyl groups excluding tert-OH is 1. The van der Waals surface area contributed by atoms with Crippen molar-refractivity contribution in [1.29, 1.82) is 0 Å². The molecule has 8 atom stereocenters. The van der Waals surface area contributed by atoms with Crippen molar-refractivity contribution in [2.45, 2.75) is 126 Å². The summed E-state index contributed by atoms with van der Waals surface area (Å²) in [5, 5.41) is 10.9. The van der Waals surface area contributed by atoms with Gasteiger partial charge in [0, 0.05) is 0 Å². The van der Waals surface area contributed by atoms with Crippen LogP contribution in [0.1, 0.15) is 120 Å². The third-order valence-corrected chi connectivity index (χ3v) is 13.0. The number of hydrogen-bond acceptors (Lipinski definition) is 1. The van der Waals surface area contributed by atoms with Gasteiger partial charge in [0.05, 0.1) is 6.10 Å². The molecule has 0 unspecified atom stereocenters. The van der Waals surface area contributed by atoms with Gasteiger partial charge in [0.2, 0.25) is 0 Å². The molecule has 1 N–H and O–H groups in total. The zero-order chi connectivity index (χ0) is 22.7. The molecule has 4 saturated carbocycles. The standard InChI is InChI=1S/C30H50O/c1-25(2)15-16-27(5)17-18-29(7)20(21(27)19-25)9-10-23-28(6)13-12-24(31)26(3,4)22(28)11-14-30(23,29)8/h9,21-24,31H,10-19H2,1-8H3/t21-,22-,23-,24-,27-,28-,29-,30-/m0/s1. The first-order valence-corrected chi connectivity index (χ1v) is 13.6. The molecule has 4 fully saturated rings. The fraction of sp³-hybridized carbons (Fsp3) is 0.933. The highest BCUT2D eigenvalue weighted by Gasteiger charge is 2.67. The molecule has 0 saturated heterocycles. The fourth-order valence-electron chi connectivity index (χ4n) is 10.5. The molecule has 5 aliphatic carbocycles. The number of rotatable bonds is 0. The molecule has 0 amide bonds. The van der Waals surface area contributed by atoms with Crippen molar-refractivity contribution in [2.24, 2.45) is 50.2 Å². The van der Waals surface area contributed by atoms with Crippen LogP contribution in [0, 0.1) is 50.2 Å². The fourth-order valence-corrected chi connectivity index (χ4v) is 10.5. The predicted molar refractivity (Wildman–Crippen MR) is 131 cm³/mol. The molecular weight excluding hydrogens is 376 g/mol. The van der Waals surface area contributed by atoms with Gasteiger partial charge in [0.25, 0.3) is 0 Å². The summed E-state index contributed by atoms with van der Waals surface area (Å²) in [6, 6.07) is 0. The Morgan fingerprint density at radius 1 is 0.774 bits per heavy atom. The quantitative estimate of drug-likeness (QED) is 0.387. The van der Waals surface area contributed by atoms with Crippen molar-refractivity contribution in [3.05, 3.63) is 11.6 Å². The van der Waals surface area contributed by atoms with Crippen LogP contribution in [0.15, 0.2) is 11.6 Å². The maximum atomic E-state index is 10.9. The molecule has 0 radical (unpaired) electrons. The Balaban J connectivity index is 1.57. The summed E-state index contributed by atoms with van der Waals surface area (Å²) in [6.07, 6.45) is 15.9. The van der Waals surface area contributed by atoms with Gasteiger partial charge in [-0.3, -0.25) is 0 Å². The van der Waals surface area contributed by atoms with E-state index in [1.807, 2.05) is 5.57 Å². The number of fused-ring (bicyclic) bond motifs is 7. The minimum Gasteiger partial charge on any atom is -0.393 e. The Labute approximate surface area is 192 Å². The van der Waals surface area contributed by atoms with Crippen LogP contribution in [0.25, 0.3) is 0 Å². The Bertz CT molecular complexity index is 790. The molecule has 0 aromatic heterocycles. The molecule has 5 aliphatic rings. The number of hydrogen-bond donors (Lipinski definition) is 1. The van der Waals surface area contributed by atoms with Gasteiger partial charge in [-0.15, -0.1) is 0 Å². The zero-order valence-electron chi connectivity index (χ0n) is 21.9. The molecule has 1 heteroatoms. The first kappa shape index (κ1) is 22.5. The molecule has 31 heavy (non-hydrogen) atoms. The van der Waals surface area contributed by atoms with Gasteiger partial charge in [-0.25, -0.2) is 0 Å². The van der Waals surface area contributed by atoms with E-state index in [0.717, 1.165) is 18.3 Å². The highest BCUT2D eigenvalue weighted by molar-refractivity contribution is 5.33. The van der Waals surface area contributed by atoms with E-state index in [1.54, 1.807) is 0 Å². The molecular formula is C30H50O. The van der Waals surface area contributed by atoms with E-state index >= 15 is 0 Å². The van der Waals surface area contributed by atoms with Crippen LogP contribution in [0.5, 0.6) is 0 Å².